The van der Waals surface area contributed by atoms with Gasteiger partial charge < -0.3 is 10.6 Å². The molecule has 0 bridgehead atoms. The van der Waals surface area contributed by atoms with Crippen LogP contribution in [-0.2, 0) is 0 Å². The van der Waals surface area contributed by atoms with Gasteiger partial charge in [0.2, 0.25) is 0 Å². The highest BCUT2D eigenvalue weighted by atomic mass is 79.9. The molecule has 0 radical (unpaired) electrons. The van der Waals surface area contributed by atoms with Crippen molar-refractivity contribution in [2.24, 2.45) is 0 Å². The zero-order valence-electron chi connectivity index (χ0n) is 9.95. The minimum Gasteiger partial charge on any atom is -0.397 e. The van der Waals surface area contributed by atoms with E-state index in [4.69, 9.17) is 5.73 Å². The third-order valence-corrected chi connectivity index (χ3v) is 4.04. The zero-order chi connectivity index (χ0) is 12.4. The highest BCUT2D eigenvalue weighted by Gasteiger charge is 2.25. The van der Waals surface area contributed by atoms with Gasteiger partial charge in [0.1, 0.15) is 0 Å². The van der Waals surface area contributed by atoms with Crippen molar-refractivity contribution in [3.8, 4) is 0 Å². The third-order valence-electron chi connectivity index (χ3n) is 3.35. The second kappa shape index (κ2) is 5.08. The van der Waals surface area contributed by atoms with Crippen LogP contribution in [0.15, 0.2) is 22.7 Å². The minimum absolute atomic E-state index is 0.0519. The fourth-order valence-corrected chi connectivity index (χ4v) is 2.64. The molecule has 1 heterocycles. The lowest BCUT2D eigenvalue weighted by atomic mass is 10.0. The average molecular weight is 297 g/mol. The number of hydrogen-bond donors (Lipinski definition) is 1. The topological polar surface area (TPSA) is 46.3 Å². The molecule has 92 valence electrons. The average Bonchev–Trinajstić information content (AvgIpc) is 2.32. The van der Waals surface area contributed by atoms with E-state index in [1.165, 1.54) is 6.42 Å². The smallest absolute Gasteiger partial charge is 0.256 e. The molecule has 3 nitrogen and oxygen atoms in total. The first kappa shape index (κ1) is 12.4. The molecule has 1 aliphatic rings. The molecule has 2 rings (SSSR count). The highest BCUT2D eigenvalue weighted by Crippen LogP contribution is 2.26. The number of hydrogen-bond acceptors (Lipinski definition) is 2. The molecule has 0 spiro atoms. The standard InChI is InChI=1S/C13H17BrN2O/c1-9-5-2-3-8-16(9)13(17)10-6-4-7-11(14)12(10)15/h4,6-7,9H,2-3,5,8,15H2,1H3. The largest absolute Gasteiger partial charge is 0.397 e. The molecule has 1 aliphatic heterocycles. The number of halogens is 1. The maximum Gasteiger partial charge on any atom is 0.256 e. The summed E-state index contributed by atoms with van der Waals surface area (Å²) in [6.07, 6.45) is 3.38. The number of amides is 1. The Balaban J connectivity index is 2.27. The second-order valence-corrected chi connectivity index (χ2v) is 5.40. The normalized spacial score (nSPS) is 20.4. The van der Waals surface area contributed by atoms with Crippen LogP contribution >= 0.6 is 15.9 Å². The van der Waals surface area contributed by atoms with Crippen molar-refractivity contribution >= 4 is 27.5 Å². The zero-order valence-corrected chi connectivity index (χ0v) is 11.5. The van der Waals surface area contributed by atoms with Crippen LogP contribution in [0.2, 0.25) is 0 Å². The maximum absolute atomic E-state index is 12.4. The molecular weight excluding hydrogens is 280 g/mol. The molecule has 2 N–H and O–H groups in total. The van der Waals surface area contributed by atoms with Gasteiger partial charge in [-0.2, -0.15) is 0 Å². The molecule has 1 saturated heterocycles. The quantitative estimate of drug-likeness (QED) is 0.810. The van der Waals surface area contributed by atoms with Crippen LogP contribution < -0.4 is 5.73 Å². The number of rotatable bonds is 1. The van der Waals surface area contributed by atoms with Crippen LogP contribution in [0.5, 0.6) is 0 Å². The van der Waals surface area contributed by atoms with Crippen molar-refractivity contribution in [2.45, 2.75) is 32.2 Å². The van der Waals surface area contributed by atoms with Crippen molar-refractivity contribution in [1.82, 2.24) is 4.90 Å². The maximum atomic E-state index is 12.4. The van der Waals surface area contributed by atoms with Gasteiger partial charge in [-0.05, 0) is 54.2 Å². The summed E-state index contributed by atoms with van der Waals surface area (Å²) >= 11 is 3.36. The van der Waals surface area contributed by atoms with E-state index >= 15 is 0 Å². The molecule has 1 amide bonds. The summed E-state index contributed by atoms with van der Waals surface area (Å²) in [6.45, 7) is 2.94. The monoisotopic (exact) mass is 296 g/mol. The predicted octanol–water partition coefficient (Wildman–Crippen LogP) is 3.05. The first-order valence-corrected chi connectivity index (χ1v) is 6.75. The SMILES string of the molecule is CC1CCCCN1C(=O)c1cccc(Br)c1N. The van der Waals surface area contributed by atoms with Crippen molar-refractivity contribution in [2.75, 3.05) is 12.3 Å². The Kier molecular flexibility index (Phi) is 3.72. The van der Waals surface area contributed by atoms with Gasteiger partial charge in [0.15, 0.2) is 0 Å². The van der Waals surface area contributed by atoms with Gasteiger partial charge in [0.05, 0.1) is 11.3 Å². The van der Waals surface area contributed by atoms with Crippen LogP contribution in [0.3, 0.4) is 0 Å². The molecule has 1 atom stereocenters. The fourth-order valence-electron chi connectivity index (χ4n) is 2.28. The number of carbonyl (C=O) groups is 1. The molecule has 0 saturated carbocycles. The Labute approximate surface area is 110 Å². The van der Waals surface area contributed by atoms with Gasteiger partial charge in [-0.15, -0.1) is 0 Å². The number of carbonyl (C=O) groups excluding carboxylic acids is 1. The summed E-state index contributed by atoms with van der Waals surface area (Å²) in [7, 11) is 0. The third kappa shape index (κ3) is 2.46. The molecule has 17 heavy (non-hydrogen) atoms. The van der Waals surface area contributed by atoms with Gasteiger partial charge in [0, 0.05) is 17.1 Å². The number of anilines is 1. The number of piperidine rings is 1. The van der Waals surface area contributed by atoms with E-state index in [0.717, 1.165) is 23.9 Å². The Morgan fingerprint density at radius 1 is 1.47 bits per heavy atom. The van der Waals surface area contributed by atoms with Gasteiger partial charge in [0.25, 0.3) is 5.91 Å². The van der Waals surface area contributed by atoms with Gasteiger partial charge in [-0.3, -0.25) is 4.79 Å². The van der Waals surface area contributed by atoms with E-state index in [1.54, 1.807) is 6.07 Å². The second-order valence-electron chi connectivity index (χ2n) is 4.54. The van der Waals surface area contributed by atoms with E-state index in [0.29, 0.717) is 17.3 Å². The van der Waals surface area contributed by atoms with Crippen LogP contribution in [0.25, 0.3) is 0 Å². The molecule has 1 fully saturated rings. The van der Waals surface area contributed by atoms with Crippen molar-refractivity contribution in [3.05, 3.63) is 28.2 Å². The summed E-state index contributed by atoms with van der Waals surface area (Å²) in [4.78, 5) is 14.3. The van der Waals surface area contributed by atoms with Gasteiger partial charge in [-0.1, -0.05) is 6.07 Å². The van der Waals surface area contributed by atoms with Crippen LogP contribution in [0.1, 0.15) is 36.5 Å². The Bertz CT molecular complexity index is 433. The van der Waals surface area contributed by atoms with Crippen molar-refractivity contribution in [3.63, 3.8) is 0 Å². The van der Waals surface area contributed by atoms with Crippen molar-refractivity contribution in [1.29, 1.82) is 0 Å². The summed E-state index contributed by atoms with van der Waals surface area (Å²) in [6, 6.07) is 5.81. The van der Waals surface area contributed by atoms with E-state index in [2.05, 4.69) is 22.9 Å². The van der Waals surface area contributed by atoms with E-state index in [9.17, 15) is 4.79 Å². The summed E-state index contributed by atoms with van der Waals surface area (Å²) < 4.78 is 0.785. The van der Waals surface area contributed by atoms with E-state index in [1.807, 2.05) is 17.0 Å². The first-order valence-electron chi connectivity index (χ1n) is 5.96. The molecule has 4 heteroatoms. The van der Waals surface area contributed by atoms with Gasteiger partial charge >= 0.3 is 0 Å². The Hall–Kier alpha value is -1.03. The molecule has 1 aromatic carbocycles. The molecule has 1 aromatic rings. The van der Waals surface area contributed by atoms with E-state index in [-0.39, 0.29) is 5.91 Å². The van der Waals surface area contributed by atoms with Crippen LogP contribution in [-0.4, -0.2) is 23.4 Å². The van der Waals surface area contributed by atoms with Crippen LogP contribution in [0.4, 0.5) is 5.69 Å². The summed E-state index contributed by atoms with van der Waals surface area (Å²) in [5.41, 5.74) is 7.08. The first-order chi connectivity index (χ1) is 8.11. The number of nitrogens with two attached hydrogens (primary N) is 1. The minimum atomic E-state index is 0.0519. The molecule has 0 aliphatic carbocycles. The van der Waals surface area contributed by atoms with Crippen LogP contribution in [0, 0.1) is 0 Å². The van der Waals surface area contributed by atoms with E-state index < -0.39 is 0 Å². The predicted molar refractivity (Wildman–Crippen MR) is 72.9 cm³/mol. The number of nitrogen functional groups attached to an aromatic ring is 1. The van der Waals surface area contributed by atoms with Crippen molar-refractivity contribution < 1.29 is 4.79 Å². The number of likely N-dealkylation sites (tertiary alicyclic amines) is 1. The molecule has 1 unspecified atom stereocenters. The summed E-state index contributed by atoms with van der Waals surface area (Å²) in [5.74, 6) is 0.0519. The summed E-state index contributed by atoms with van der Waals surface area (Å²) in [5, 5.41) is 0. The Morgan fingerprint density at radius 2 is 2.24 bits per heavy atom. The lowest BCUT2D eigenvalue weighted by Gasteiger charge is -2.33. The fraction of sp³-hybridized carbons (Fsp3) is 0.462. The number of para-hydroxylation sites is 1. The highest BCUT2D eigenvalue weighted by molar-refractivity contribution is 9.10. The molecular formula is C13H17BrN2O. The molecule has 0 aromatic heterocycles. The lowest BCUT2D eigenvalue weighted by molar-refractivity contribution is 0.0636. The number of nitrogens with zero attached hydrogens (tertiary/aromatic N) is 1. The Morgan fingerprint density at radius 3 is 2.94 bits per heavy atom. The van der Waals surface area contributed by atoms with Gasteiger partial charge in [-0.25, -0.2) is 0 Å². The lowest BCUT2D eigenvalue weighted by Crippen LogP contribution is -2.42. The number of benzene rings is 1.